The summed E-state index contributed by atoms with van der Waals surface area (Å²) in [7, 11) is 0. The largest absolute Gasteiger partial charge is 0.508 e. The SMILES string of the molecule is CCOC(=O)CSCc1cccc(O)c1. The van der Waals surface area contributed by atoms with Gasteiger partial charge < -0.3 is 9.84 Å². The van der Waals surface area contributed by atoms with Crippen LogP contribution in [0.3, 0.4) is 0 Å². The number of hydrogen-bond acceptors (Lipinski definition) is 4. The molecule has 0 saturated carbocycles. The Labute approximate surface area is 93.4 Å². The normalized spacial score (nSPS) is 9.93. The van der Waals surface area contributed by atoms with E-state index in [0.717, 1.165) is 5.56 Å². The molecule has 0 heterocycles. The van der Waals surface area contributed by atoms with Crippen LogP contribution in [0.25, 0.3) is 0 Å². The van der Waals surface area contributed by atoms with Gasteiger partial charge in [0.25, 0.3) is 0 Å². The summed E-state index contributed by atoms with van der Waals surface area (Å²) in [5.74, 6) is 1.11. The number of hydrogen-bond donors (Lipinski definition) is 1. The zero-order valence-electron chi connectivity index (χ0n) is 8.60. The van der Waals surface area contributed by atoms with E-state index in [-0.39, 0.29) is 11.7 Å². The molecular weight excluding hydrogens is 212 g/mol. The molecule has 0 fully saturated rings. The molecule has 0 radical (unpaired) electrons. The van der Waals surface area contributed by atoms with Crippen molar-refractivity contribution < 1.29 is 14.6 Å². The van der Waals surface area contributed by atoms with Crippen molar-refractivity contribution in [2.45, 2.75) is 12.7 Å². The third kappa shape index (κ3) is 4.74. The molecule has 15 heavy (non-hydrogen) atoms. The van der Waals surface area contributed by atoms with Crippen LogP contribution in [-0.2, 0) is 15.3 Å². The molecule has 3 nitrogen and oxygen atoms in total. The average molecular weight is 226 g/mol. The van der Waals surface area contributed by atoms with Gasteiger partial charge in [0.05, 0.1) is 12.4 Å². The molecule has 1 aromatic rings. The van der Waals surface area contributed by atoms with E-state index >= 15 is 0 Å². The first-order valence-corrected chi connectivity index (χ1v) is 5.89. The van der Waals surface area contributed by atoms with Crippen molar-refractivity contribution in [3.63, 3.8) is 0 Å². The Balaban J connectivity index is 2.28. The van der Waals surface area contributed by atoms with E-state index in [1.54, 1.807) is 25.1 Å². The van der Waals surface area contributed by atoms with Crippen LogP contribution in [0.2, 0.25) is 0 Å². The molecule has 0 unspecified atom stereocenters. The van der Waals surface area contributed by atoms with Crippen LogP contribution in [0.1, 0.15) is 12.5 Å². The molecule has 0 aliphatic heterocycles. The standard InChI is InChI=1S/C11H14O3S/c1-2-14-11(13)8-15-7-9-4-3-5-10(12)6-9/h3-6,12H,2,7-8H2,1H3. The molecule has 1 aromatic carbocycles. The van der Waals surface area contributed by atoms with E-state index in [9.17, 15) is 9.90 Å². The van der Waals surface area contributed by atoms with Crippen molar-refractivity contribution in [3.8, 4) is 5.75 Å². The second-order valence-electron chi connectivity index (χ2n) is 2.97. The van der Waals surface area contributed by atoms with Gasteiger partial charge in [0, 0.05) is 5.75 Å². The lowest BCUT2D eigenvalue weighted by molar-refractivity contribution is -0.139. The van der Waals surface area contributed by atoms with Crippen LogP contribution in [0, 0.1) is 0 Å². The van der Waals surface area contributed by atoms with Crippen LogP contribution < -0.4 is 0 Å². The highest BCUT2D eigenvalue weighted by Crippen LogP contribution is 2.16. The lowest BCUT2D eigenvalue weighted by atomic mass is 10.2. The van der Waals surface area contributed by atoms with Crippen molar-refractivity contribution in [2.24, 2.45) is 0 Å². The maximum Gasteiger partial charge on any atom is 0.315 e. The summed E-state index contributed by atoms with van der Waals surface area (Å²) in [4.78, 5) is 11.0. The first kappa shape index (κ1) is 11.9. The molecule has 1 rings (SSSR count). The highest BCUT2D eigenvalue weighted by molar-refractivity contribution is 7.99. The highest BCUT2D eigenvalue weighted by atomic mass is 32.2. The zero-order valence-corrected chi connectivity index (χ0v) is 9.42. The van der Waals surface area contributed by atoms with Gasteiger partial charge in [0.15, 0.2) is 0 Å². The van der Waals surface area contributed by atoms with Crippen LogP contribution in [-0.4, -0.2) is 23.4 Å². The number of phenols is 1. The Bertz CT molecular complexity index is 325. The first-order chi connectivity index (χ1) is 7.22. The molecular formula is C11H14O3S. The number of carbonyl (C=O) groups excluding carboxylic acids is 1. The van der Waals surface area contributed by atoms with Gasteiger partial charge in [0.2, 0.25) is 0 Å². The maximum atomic E-state index is 11.0. The molecule has 0 aliphatic carbocycles. The number of rotatable bonds is 5. The average Bonchev–Trinajstić information content (AvgIpc) is 2.18. The smallest absolute Gasteiger partial charge is 0.315 e. The fraction of sp³-hybridized carbons (Fsp3) is 0.364. The second kappa shape index (κ2) is 6.35. The minimum Gasteiger partial charge on any atom is -0.508 e. The van der Waals surface area contributed by atoms with Crippen molar-refractivity contribution in [2.75, 3.05) is 12.4 Å². The van der Waals surface area contributed by atoms with E-state index in [2.05, 4.69) is 0 Å². The Kier molecular flexibility index (Phi) is 5.04. The molecule has 0 aliphatic rings. The summed E-state index contributed by atoms with van der Waals surface area (Å²) in [5.41, 5.74) is 1.00. The lowest BCUT2D eigenvalue weighted by Gasteiger charge is -2.02. The van der Waals surface area contributed by atoms with E-state index in [4.69, 9.17) is 4.74 Å². The van der Waals surface area contributed by atoms with Crippen molar-refractivity contribution >= 4 is 17.7 Å². The van der Waals surface area contributed by atoms with E-state index in [1.165, 1.54) is 11.8 Å². The summed E-state index contributed by atoms with van der Waals surface area (Å²) in [6, 6.07) is 7.02. The molecule has 1 N–H and O–H groups in total. The van der Waals surface area contributed by atoms with Gasteiger partial charge in [-0.25, -0.2) is 0 Å². The molecule has 0 spiro atoms. The Morgan fingerprint density at radius 2 is 2.33 bits per heavy atom. The van der Waals surface area contributed by atoms with Crippen LogP contribution >= 0.6 is 11.8 Å². The molecule has 0 amide bonds. The third-order valence-corrected chi connectivity index (χ3v) is 2.68. The summed E-state index contributed by atoms with van der Waals surface area (Å²) in [6.45, 7) is 2.21. The Morgan fingerprint density at radius 3 is 3.00 bits per heavy atom. The summed E-state index contributed by atoms with van der Waals surface area (Å²) in [6.07, 6.45) is 0. The van der Waals surface area contributed by atoms with Gasteiger partial charge in [-0.3, -0.25) is 4.79 Å². The number of aromatic hydroxyl groups is 1. The first-order valence-electron chi connectivity index (χ1n) is 4.73. The Hall–Kier alpha value is -1.16. The number of ether oxygens (including phenoxy) is 1. The van der Waals surface area contributed by atoms with Crippen molar-refractivity contribution in [1.29, 1.82) is 0 Å². The van der Waals surface area contributed by atoms with Gasteiger partial charge in [0.1, 0.15) is 5.75 Å². The molecule has 0 saturated heterocycles. The van der Waals surface area contributed by atoms with Crippen LogP contribution in [0.15, 0.2) is 24.3 Å². The minimum absolute atomic E-state index is 0.192. The fourth-order valence-electron chi connectivity index (χ4n) is 1.10. The van der Waals surface area contributed by atoms with Crippen LogP contribution in [0.5, 0.6) is 5.75 Å². The Morgan fingerprint density at radius 1 is 1.53 bits per heavy atom. The molecule has 0 atom stereocenters. The number of carbonyl (C=O) groups is 1. The number of thioether (sulfide) groups is 1. The molecule has 0 aromatic heterocycles. The fourth-order valence-corrected chi connectivity index (χ4v) is 1.87. The summed E-state index contributed by atoms with van der Waals surface area (Å²) >= 11 is 1.48. The topological polar surface area (TPSA) is 46.5 Å². The number of benzene rings is 1. The maximum absolute atomic E-state index is 11.0. The van der Waals surface area contributed by atoms with E-state index in [1.807, 2.05) is 6.07 Å². The monoisotopic (exact) mass is 226 g/mol. The van der Waals surface area contributed by atoms with Gasteiger partial charge in [-0.2, -0.15) is 0 Å². The van der Waals surface area contributed by atoms with E-state index < -0.39 is 0 Å². The lowest BCUT2D eigenvalue weighted by Crippen LogP contribution is -2.06. The molecule has 0 bridgehead atoms. The number of esters is 1. The number of phenolic OH excluding ortho intramolecular Hbond substituents is 1. The van der Waals surface area contributed by atoms with Gasteiger partial charge in [-0.15, -0.1) is 11.8 Å². The second-order valence-corrected chi connectivity index (χ2v) is 3.95. The summed E-state index contributed by atoms with van der Waals surface area (Å²) < 4.78 is 4.79. The third-order valence-electron chi connectivity index (χ3n) is 1.70. The highest BCUT2D eigenvalue weighted by Gasteiger charge is 2.02. The predicted molar refractivity (Wildman–Crippen MR) is 60.9 cm³/mol. The summed E-state index contributed by atoms with van der Waals surface area (Å²) in [5, 5.41) is 9.20. The molecule has 4 heteroatoms. The quantitative estimate of drug-likeness (QED) is 0.782. The van der Waals surface area contributed by atoms with Crippen LogP contribution in [0.4, 0.5) is 0 Å². The zero-order chi connectivity index (χ0) is 11.1. The van der Waals surface area contributed by atoms with Crippen molar-refractivity contribution in [3.05, 3.63) is 29.8 Å². The van der Waals surface area contributed by atoms with Gasteiger partial charge >= 0.3 is 5.97 Å². The predicted octanol–water partition coefficient (Wildman–Crippen LogP) is 2.19. The van der Waals surface area contributed by atoms with Gasteiger partial charge in [-0.05, 0) is 24.6 Å². The van der Waals surface area contributed by atoms with Crippen molar-refractivity contribution in [1.82, 2.24) is 0 Å². The van der Waals surface area contributed by atoms with E-state index in [0.29, 0.717) is 18.1 Å². The molecule has 82 valence electrons. The minimum atomic E-state index is -0.192. The van der Waals surface area contributed by atoms with Gasteiger partial charge in [-0.1, -0.05) is 12.1 Å².